The average Bonchev–Trinajstić information content (AvgIpc) is 3.62. The van der Waals surface area contributed by atoms with E-state index in [4.69, 9.17) is 4.99 Å². The molecule has 1 aliphatic carbocycles. The Labute approximate surface area is 269 Å². The quantitative estimate of drug-likeness (QED) is 0.251. The third-order valence-corrected chi connectivity index (χ3v) is 9.96. The van der Waals surface area contributed by atoms with Crippen LogP contribution in [0.3, 0.4) is 0 Å². The van der Waals surface area contributed by atoms with Crippen LogP contribution in [0.4, 0.5) is 8.78 Å². The molecule has 1 atom stereocenters. The lowest BCUT2D eigenvalue weighted by molar-refractivity contribution is -0.134. The second-order valence-electron chi connectivity index (χ2n) is 14.6. The molecule has 2 aliphatic rings. The Bertz CT molecular complexity index is 1550. The van der Waals surface area contributed by atoms with Crippen molar-refractivity contribution in [3.63, 3.8) is 0 Å². The van der Waals surface area contributed by atoms with Gasteiger partial charge in [-0.1, -0.05) is 65.3 Å². The van der Waals surface area contributed by atoms with Gasteiger partial charge in [-0.05, 0) is 85.1 Å². The van der Waals surface area contributed by atoms with Crippen molar-refractivity contribution in [2.45, 2.75) is 105 Å². The van der Waals surface area contributed by atoms with Crippen molar-refractivity contribution in [1.29, 1.82) is 0 Å². The van der Waals surface area contributed by atoms with Crippen LogP contribution in [0, 0.1) is 28.4 Å². The van der Waals surface area contributed by atoms with Crippen molar-refractivity contribution in [2.24, 2.45) is 21.7 Å². The van der Waals surface area contributed by atoms with Crippen LogP contribution in [0.5, 0.6) is 0 Å². The second-order valence-corrected chi connectivity index (χ2v) is 14.6. The second kappa shape index (κ2) is 13.0. The van der Waals surface area contributed by atoms with Crippen LogP contribution < -0.4 is 5.32 Å². The summed E-state index contributed by atoms with van der Waals surface area (Å²) < 4.78 is 28.8. The number of nitrogens with zero attached hydrogens (tertiary/aromatic N) is 5. The summed E-state index contributed by atoms with van der Waals surface area (Å²) in [5.74, 6) is -1.25. The van der Waals surface area contributed by atoms with Crippen molar-refractivity contribution in [3.8, 4) is 0 Å². The number of hydrogen-bond acceptors (Lipinski definition) is 6. The van der Waals surface area contributed by atoms with E-state index in [2.05, 4.69) is 67.5 Å². The third kappa shape index (κ3) is 7.18. The van der Waals surface area contributed by atoms with Crippen molar-refractivity contribution in [2.75, 3.05) is 0 Å². The number of amides is 2. The Hall–Kier alpha value is -4.02. The van der Waals surface area contributed by atoms with Gasteiger partial charge in [0.05, 0.1) is 12.6 Å². The number of aliphatic imine (C=N–C) groups is 1. The van der Waals surface area contributed by atoms with E-state index in [0.717, 1.165) is 37.3 Å². The number of hydrogen-bond donors (Lipinski definition) is 2. The van der Waals surface area contributed by atoms with Crippen LogP contribution >= 0.6 is 0 Å². The summed E-state index contributed by atoms with van der Waals surface area (Å²) in [6.45, 7) is 13.4. The van der Waals surface area contributed by atoms with E-state index in [0.29, 0.717) is 36.6 Å². The Kier molecular flexibility index (Phi) is 9.42. The molecule has 246 valence electrons. The van der Waals surface area contributed by atoms with Gasteiger partial charge in [0.25, 0.3) is 11.8 Å². The average molecular weight is 634 g/mol. The number of carbonyl (C=O) groups is 2. The molecule has 2 N–H and O–H groups in total. The van der Waals surface area contributed by atoms with Crippen LogP contribution in [0.15, 0.2) is 47.5 Å². The van der Waals surface area contributed by atoms with E-state index in [1.54, 1.807) is 12.1 Å². The fraction of sp³-hybridized carbons (Fsp3) is 0.543. The zero-order chi connectivity index (χ0) is 33.3. The van der Waals surface area contributed by atoms with Crippen LogP contribution in [0.1, 0.15) is 120 Å². The molecule has 3 aromatic rings. The molecule has 2 aromatic carbocycles. The van der Waals surface area contributed by atoms with Crippen molar-refractivity contribution in [3.05, 3.63) is 76.6 Å². The predicted molar refractivity (Wildman–Crippen MR) is 172 cm³/mol. The van der Waals surface area contributed by atoms with Gasteiger partial charge in [0.2, 0.25) is 0 Å². The molecule has 1 spiro atoms. The number of carbonyl (C=O) groups excluding carboxylic acids is 2. The fourth-order valence-corrected chi connectivity index (χ4v) is 6.82. The first kappa shape index (κ1) is 33.3. The minimum atomic E-state index is -0.835. The number of aromatic nitrogens is 4. The van der Waals surface area contributed by atoms with Gasteiger partial charge in [0.1, 0.15) is 23.0 Å². The highest BCUT2D eigenvalue weighted by molar-refractivity contribution is 6.46. The van der Waals surface area contributed by atoms with Crippen LogP contribution in [0.25, 0.3) is 0 Å². The third-order valence-electron chi connectivity index (χ3n) is 9.96. The summed E-state index contributed by atoms with van der Waals surface area (Å²) in [4.78, 5) is 34.4. The Balaban J connectivity index is 1.51. The first-order valence-electron chi connectivity index (χ1n) is 16.2. The Morgan fingerprint density at radius 1 is 1.07 bits per heavy atom. The van der Waals surface area contributed by atoms with Gasteiger partial charge >= 0.3 is 0 Å². The first-order valence-corrected chi connectivity index (χ1v) is 16.2. The lowest BCUT2D eigenvalue weighted by Crippen LogP contribution is -2.51. The van der Waals surface area contributed by atoms with Crippen LogP contribution in [-0.2, 0) is 11.3 Å². The lowest BCUT2D eigenvalue weighted by Gasteiger charge is -2.48. The lowest BCUT2D eigenvalue weighted by atomic mass is 9.67. The zero-order valence-corrected chi connectivity index (χ0v) is 27.7. The normalized spacial score (nSPS) is 21.0. The smallest absolute Gasteiger partial charge is 0.275 e. The summed E-state index contributed by atoms with van der Waals surface area (Å²) >= 11 is 0. The van der Waals surface area contributed by atoms with E-state index in [9.17, 15) is 18.4 Å². The maximum Gasteiger partial charge on any atom is 0.275 e. The molecule has 1 unspecified atom stereocenters. The molecule has 46 heavy (non-hydrogen) atoms. The highest BCUT2D eigenvalue weighted by Gasteiger charge is 2.53. The fourth-order valence-electron chi connectivity index (χ4n) is 6.82. The molecular weight excluding hydrogens is 588 g/mol. The molecule has 11 heteroatoms. The Morgan fingerprint density at radius 2 is 1.72 bits per heavy atom. The SMILES string of the molecule is CCC(C)(C)C1CCC2(CC1)N=C(c1cc(F)cc(F)c1)C(=O)N2C(CCC(C)(C)C)c1ccc(C(=O)NCc2nn[nH]n2)cc1. The molecule has 2 amide bonds. The highest BCUT2D eigenvalue weighted by Crippen LogP contribution is 2.51. The number of tetrazole rings is 1. The number of nitrogens with one attached hydrogen (secondary N) is 2. The summed E-state index contributed by atoms with van der Waals surface area (Å²) in [5, 5.41) is 16.4. The maximum absolute atomic E-state index is 14.5. The number of halogens is 2. The van der Waals surface area contributed by atoms with E-state index < -0.39 is 17.3 Å². The maximum atomic E-state index is 14.5. The zero-order valence-electron chi connectivity index (χ0n) is 27.7. The van der Waals surface area contributed by atoms with E-state index in [-0.39, 0.29) is 46.5 Å². The van der Waals surface area contributed by atoms with Gasteiger partial charge in [-0.15, -0.1) is 10.2 Å². The number of rotatable bonds is 10. The largest absolute Gasteiger partial charge is 0.345 e. The van der Waals surface area contributed by atoms with E-state index in [1.807, 2.05) is 17.0 Å². The van der Waals surface area contributed by atoms with Gasteiger partial charge in [-0.2, -0.15) is 5.21 Å². The van der Waals surface area contributed by atoms with Crippen molar-refractivity contribution in [1.82, 2.24) is 30.8 Å². The summed E-state index contributed by atoms with van der Waals surface area (Å²) in [6, 6.07) is 10.1. The van der Waals surface area contributed by atoms with Gasteiger partial charge in [0.15, 0.2) is 5.82 Å². The molecule has 1 fully saturated rings. The van der Waals surface area contributed by atoms with Crippen LogP contribution in [-0.4, -0.2) is 48.7 Å². The van der Waals surface area contributed by atoms with Gasteiger partial charge in [-0.3, -0.25) is 14.6 Å². The summed E-state index contributed by atoms with van der Waals surface area (Å²) in [7, 11) is 0. The van der Waals surface area contributed by atoms with Gasteiger partial charge in [0, 0.05) is 17.2 Å². The molecule has 5 rings (SSSR count). The minimum absolute atomic E-state index is 0.0125. The standard InChI is InChI=1S/C35H45F2N7O2/c1-7-34(5,6)25-12-16-35(17-13-25)39-30(24-18-26(36)20-27(37)19-24)32(46)44(35)28(14-15-33(2,3)4)22-8-10-23(11-9-22)31(45)38-21-29-40-42-43-41-29/h8-11,18-20,25,28H,7,12-17,21H2,1-6H3,(H,38,45)(H,40,41,42,43). The molecule has 9 nitrogen and oxygen atoms in total. The Morgan fingerprint density at radius 3 is 2.28 bits per heavy atom. The van der Waals surface area contributed by atoms with Gasteiger partial charge < -0.3 is 10.2 Å². The number of H-pyrrole nitrogens is 1. The topological polar surface area (TPSA) is 116 Å². The van der Waals surface area contributed by atoms with E-state index in [1.165, 1.54) is 12.1 Å². The summed E-state index contributed by atoms with van der Waals surface area (Å²) in [6.07, 6.45) is 5.64. The predicted octanol–water partition coefficient (Wildman–Crippen LogP) is 6.93. The molecule has 1 aliphatic heterocycles. The molecule has 0 bridgehead atoms. The van der Waals surface area contributed by atoms with Crippen molar-refractivity contribution >= 4 is 17.5 Å². The van der Waals surface area contributed by atoms with Gasteiger partial charge in [-0.25, -0.2) is 8.78 Å². The molecule has 1 saturated carbocycles. The van der Waals surface area contributed by atoms with Crippen molar-refractivity contribution < 1.29 is 18.4 Å². The molecule has 0 saturated heterocycles. The molecule has 0 radical (unpaired) electrons. The van der Waals surface area contributed by atoms with E-state index >= 15 is 0 Å². The number of aromatic amines is 1. The molecule has 1 aromatic heterocycles. The number of benzene rings is 2. The minimum Gasteiger partial charge on any atom is -0.345 e. The molecule has 2 heterocycles. The highest BCUT2D eigenvalue weighted by atomic mass is 19.1. The first-order chi connectivity index (χ1) is 21.7. The summed E-state index contributed by atoms with van der Waals surface area (Å²) in [5.41, 5.74) is 0.899. The monoisotopic (exact) mass is 633 g/mol. The molecular formula is C35H45F2N7O2. The van der Waals surface area contributed by atoms with Crippen LogP contribution in [0.2, 0.25) is 0 Å².